The normalized spacial score (nSPS) is 15.6. The number of hydrogen-bond donors (Lipinski definition) is 1. The Morgan fingerprint density at radius 3 is 2.48 bits per heavy atom. The highest BCUT2D eigenvalue weighted by molar-refractivity contribution is 6.00. The van der Waals surface area contributed by atoms with E-state index in [0.29, 0.717) is 23.6 Å². The van der Waals surface area contributed by atoms with Crippen molar-refractivity contribution in [1.29, 1.82) is 5.26 Å². The Bertz CT molecular complexity index is 844. The summed E-state index contributed by atoms with van der Waals surface area (Å²) >= 11 is 0. The van der Waals surface area contributed by atoms with Crippen molar-refractivity contribution in [3.63, 3.8) is 0 Å². The molecule has 0 saturated heterocycles. The molecule has 0 aromatic heterocycles. The van der Waals surface area contributed by atoms with Crippen molar-refractivity contribution in [1.82, 2.24) is 0 Å². The van der Waals surface area contributed by atoms with E-state index in [-0.39, 0.29) is 5.91 Å². The number of nitriles is 1. The Hall–Kier alpha value is -2.80. The Balaban J connectivity index is 1.92. The van der Waals surface area contributed by atoms with Crippen LogP contribution in [0.15, 0.2) is 42.5 Å². The molecule has 2 aromatic rings. The topological polar surface area (TPSA) is 62.1 Å². The maximum atomic E-state index is 13.4. The van der Waals surface area contributed by atoms with Gasteiger partial charge in [0.25, 0.3) is 0 Å². The minimum absolute atomic E-state index is 0.0216. The van der Waals surface area contributed by atoms with E-state index >= 15 is 0 Å². The molecule has 0 heterocycles. The molecule has 0 spiro atoms. The standard InChI is InChI=1S/C23H26N2O2/c1-3-27-20-11-12-21(18(15-20)16-24)25-22(26)23(13-5-4-6-14-23)19-9-7-17(2)8-10-19/h7-12,15H,3-6,13-14H2,1-2H3,(H,25,26). The van der Waals surface area contributed by atoms with Crippen LogP contribution in [0.4, 0.5) is 5.69 Å². The minimum atomic E-state index is -0.530. The van der Waals surface area contributed by atoms with Crippen LogP contribution >= 0.6 is 0 Å². The smallest absolute Gasteiger partial charge is 0.235 e. The molecule has 1 fully saturated rings. The molecule has 0 unspecified atom stereocenters. The Morgan fingerprint density at radius 1 is 1.15 bits per heavy atom. The number of anilines is 1. The molecular weight excluding hydrogens is 336 g/mol. The van der Waals surface area contributed by atoms with E-state index in [1.54, 1.807) is 18.2 Å². The van der Waals surface area contributed by atoms with Crippen LogP contribution in [-0.2, 0) is 10.2 Å². The molecule has 3 rings (SSSR count). The number of carbonyl (C=O) groups is 1. The van der Waals surface area contributed by atoms with E-state index in [9.17, 15) is 10.1 Å². The molecule has 0 bridgehead atoms. The molecule has 1 aliphatic rings. The van der Waals surface area contributed by atoms with Crippen molar-refractivity contribution in [2.45, 2.75) is 51.4 Å². The number of nitrogens with zero attached hydrogens (tertiary/aromatic N) is 1. The van der Waals surface area contributed by atoms with Crippen molar-refractivity contribution >= 4 is 11.6 Å². The third-order valence-electron chi connectivity index (χ3n) is 5.42. The molecular formula is C23H26N2O2. The highest BCUT2D eigenvalue weighted by Gasteiger charge is 2.41. The van der Waals surface area contributed by atoms with Crippen molar-refractivity contribution < 1.29 is 9.53 Å². The molecule has 4 nitrogen and oxygen atoms in total. The van der Waals surface area contributed by atoms with E-state index in [1.807, 2.05) is 6.92 Å². The van der Waals surface area contributed by atoms with Crippen molar-refractivity contribution in [3.8, 4) is 11.8 Å². The van der Waals surface area contributed by atoms with Crippen LogP contribution in [0, 0.1) is 18.3 Å². The summed E-state index contributed by atoms with van der Waals surface area (Å²) in [6.45, 7) is 4.49. The van der Waals surface area contributed by atoms with Gasteiger partial charge in [0.1, 0.15) is 11.8 Å². The zero-order valence-electron chi connectivity index (χ0n) is 16.0. The van der Waals surface area contributed by atoms with Crippen LogP contribution in [0.2, 0.25) is 0 Å². The van der Waals surface area contributed by atoms with E-state index in [0.717, 1.165) is 37.7 Å². The Labute approximate surface area is 161 Å². The molecule has 140 valence electrons. The molecule has 1 amide bonds. The molecule has 1 N–H and O–H groups in total. The largest absolute Gasteiger partial charge is 0.494 e. The maximum absolute atomic E-state index is 13.4. The monoisotopic (exact) mass is 362 g/mol. The number of benzene rings is 2. The summed E-state index contributed by atoms with van der Waals surface area (Å²) in [4.78, 5) is 13.4. The van der Waals surface area contributed by atoms with Gasteiger partial charge in [0.2, 0.25) is 5.91 Å². The second-order valence-electron chi connectivity index (χ2n) is 7.22. The summed E-state index contributed by atoms with van der Waals surface area (Å²) in [5, 5.41) is 12.5. The van der Waals surface area contributed by atoms with Crippen molar-refractivity contribution in [3.05, 3.63) is 59.2 Å². The minimum Gasteiger partial charge on any atom is -0.494 e. The molecule has 1 aliphatic carbocycles. The Kier molecular flexibility index (Phi) is 5.81. The van der Waals surface area contributed by atoms with E-state index in [4.69, 9.17) is 4.74 Å². The fourth-order valence-corrected chi connectivity index (χ4v) is 3.90. The second-order valence-corrected chi connectivity index (χ2v) is 7.22. The van der Waals surface area contributed by atoms with Gasteiger partial charge in [-0.3, -0.25) is 4.79 Å². The van der Waals surface area contributed by atoms with Gasteiger partial charge in [0, 0.05) is 0 Å². The van der Waals surface area contributed by atoms with Crippen LogP contribution in [-0.4, -0.2) is 12.5 Å². The molecule has 2 aromatic carbocycles. The molecule has 4 heteroatoms. The summed E-state index contributed by atoms with van der Waals surface area (Å²) in [5.41, 5.74) is 2.68. The number of hydrogen-bond acceptors (Lipinski definition) is 3. The van der Waals surface area contributed by atoms with Gasteiger partial charge >= 0.3 is 0 Å². The average Bonchev–Trinajstić information content (AvgIpc) is 2.70. The van der Waals surface area contributed by atoms with Crippen molar-refractivity contribution in [2.75, 3.05) is 11.9 Å². The van der Waals surface area contributed by atoms with Crippen LogP contribution < -0.4 is 10.1 Å². The van der Waals surface area contributed by atoms with Gasteiger partial charge in [0.15, 0.2) is 0 Å². The SMILES string of the molecule is CCOc1ccc(NC(=O)C2(c3ccc(C)cc3)CCCCC2)c(C#N)c1. The van der Waals surface area contributed by atoms with Crippen LogP contribution in [0.25, 0.3) is 0 Å². The first-order chi connectivity index (χ1) is 13.1. The molecule has 0 aliphatic heterocycles. The number of amides is 1. The van der Waals surface area contributed by atoms with Crippen LogP contribution in [0.5, 0.6) is 5.75 Å². The first-order valence-corrected chi connectivity index (χ1v) is 9.64. The van der Waals surface area contributed by atoms with Gasteiger partial charge in [0.05, 0.1) is 23.3 Å². The number of ether oxygens (including phenoxy) is 1. The van der Waals surface area contributed by atoms with E-state index in [2.05, 4.69) is 42.6 Å². The molecule has 1 saturated carbocycles. The lowest BCUT2D eigenvalue weighted by Gasteiger charge is -2.36. The third kappa shape index (κ3) is 3.98. The van der Waals surface area contributed by atoms with Gasteiger partial charge < -0.3 is 10.1 Å². The van der Waals surface area contributed by atoms with Crippen molar-refractivity contribution in [2.24, 2.45) is 0 Å². The lowest BCUT2D eigenvalue weighted by Crippen LogP contribution is -2.42. The fourth-order valence-electron chi connectivity index (χ4n) is 3.90. The average molecular weight is 362 g/mol. The number of nitrogens with one attached hydrogen (secondary N) is 1. The molecule has 0 radical (unpaired) electrons. The summed E-state index contributed by atoms with van der Waals surface area (Å²) in [6.07, 6.45) is 4.90. The number of rotatable bonds is 5. The van der Waals surface area contributed by atoms with Crippen LogP contribution in [0.1, 0.15) is 55.7 Å². The lowest BCUT2D eigenvalue weighted by atomic mass is 9.68. The van der Waals surface area contributed by atoms with Crippen LogP contribution in [0.3, 0.4) is 0 Å². The zero-order valence-corrected chi connectivity index (χ0v) is 16.0. The van der Waals surface area contributed by atoms with Gasteiger partial charge in [-0.05, 0) is 50.5 Å². The lowest BCUT2D eigenvalue weighted by molar-refractivity contribution is -0.122. The first-order valence-electron chi connectivity index (χ1n) is 9.64. The van der Waals surface area contributed by atoms with Gasteiger partial charge in [-0.15, -0.1) is 0 Å². The quantitative estimate of drug-likeness (QED) is 0.804. The number of aryl methyl sites for hydroxylation is 1. The highest BCUT2D eigenvalue weighted by atomic mass is 16.5. The highest BCUT2D eigenvalue weighted by Crippen LogP contribution is 2.41. The van der Waals surface area contributed by atoms with Gasteiger partial charge in [-0.1, -0.05) is 49.1 Å². The predicted octanol–water partition coefficient (Wildman–Crippen LogP) is 5.11. The predicted molar refractivity (Wildman–Crippen MR) is 107 cm³/mol. The zero-order chi connectivity index (χ0) is 19.3. The number of carbonyl (C=O) groups excluding carboxylic acids is 1. The molecule has 27 heavy (non-hydrogen) atoms. The molecule has 0 atom stereocenters. The van der Waals surface area contributed by atoms with E-state index in [1.165, 1.54) is 5.56 Å². The summed E-state index contributed by atoms with van der Waals surface area (Å²) in [7, 11) is 0. The summed E-state index contributed by atoms with van der Waals surface area (Å²) in [6, 6.07) is 15.7. The van der Waals surface area contributed by atoms with Gasteiger partial charge in [-0.2, -0.15) is 5.26 Å². The van der Waals surface area contributed by atoms with E-state index < -0.39 is 5.41 Å². The van der Waals surface area contributed by atoms with Gasteiger partial charge in [-0.25, -0.2) is 0 Å². The second kappa shape index (κ2) is 8.26. The first kappa shape index (κ1) is 19.0. The Morgan fingerprint density at radius 2 is 1.85 bits per heavy atom. The summed E-state index contributed by atoms with van der Waals surface area (Å²) in [5.74, 6) is 0.615. The third-order valence-corrected chi connectivity index (χ3v) is 5.42. The fraction of sp³-hybridized carbons (Fsp3) is 0.391. The maximum Gasteiger partial charge on any atom is 0.235 e. The summed E-state index contributed by atoms with van der Waals surface area (Å²) < 4.78 is 5.46.